The van der Waals surface area contributed by atoms with Gasteiger partial charge in [-0.3, -0.25) is 0 Å². The van der Waals surface area contributed by atoms with Gasteiger partial charge in [0.2, 0.25) is 0 Å². The minimum absolute atomic E-state index is 0.216. The molecule has 156 valence electrons. The van der Waals surface area contributed by atoms with Gasteiger partial charge in [0.1, 0.15) is 0 Å². The van der Waals surface area contributed by atoms with Crippen molar-refractivity contribution in [2.75, 3.05) is 0 Å². The predicted molar refractivity (Wildman–Crippen MR) is 125 cm³/mol. The fourth-order valence-electron chi connectivity index (χ4n) is 3.68. The van der Waals surface area contributed by atoms with E-state index in [4.69, 9.17) is 0 Å². The number of rotatable bonds is 6. The van der Waals surface area contributed by atoms with Crippen molar-refractivity contribution in [2.45, 2.75) is 0 Å². The van der Waals surface area contributed by atoms with Crippen molar-refractivity contribution >= 4 is 23.1 Å². The molecule has 0 bridgehead atoms. The monoisotopic (exact) mass is 420 g/mol. The van der Waals surface area contributed by atoms with Crippen molar-refractivity contribution in [1.29, 1.82) is 0 Å². The van der Waals surface area contributed by atoms with Gasteiger partial charge in [-0.15, -0.1) is 0 Å². The van der Waals surface area contributed by atoms with Crippen LogP contribution in [0.15, 0.2) is 109 Å². The molecule has 0 unspecified atom stereocenters. The van der Waals surface area contributed by atoms with Gasteiger partial charge in [-0.1, -0.05) is 84.9 Å². The van der Waals surface area contributed by atoms with Crippen molar-refractivity contribution in [2.24, 2.45) is 0 Å². The van der Waals surface area contributed by atoms with Gasteiger partial charge in [0.15, 0.2) is 0 Å². The second kappa shape index (κ2) is 9.14. The molecule has 0 atom stereocenters. The summed E-state index contributed by atoms with van der Waals surface area (Å²) < 4.78 is 0. The van der Waals surface area contributed by atoms with Crippen LogP contribution in [0.1, 0.15) is 43.0 Å². The van der Waals surface area contributed by atoms with E-state index in [2.05, 4.69) is 0 Å². The highest BCUT2D eigenvalue weighted by Crippen LogP contribution is 2.37. The third-order valence-corrected chi connectivity index (χ3v) is 5.22. The molecule has 0 radical (unpaired) electrons. The lowest BCUT2D eigenvalue weighted by Crippen LogP contribution is -2.00. The molecule has 0 aliphatic carbocycles. The van der Waals surface area contributed by atoms with Crippen molar-refractivity contribution in [3.05, 3.63) is 143 Å². The summed E-state index contributed by atoms with van der Waals surface area (Å²) in [5.74, 6) is -1.95. The average molecular weight is 420 g/mol. The number of hydrogen-bond acceptors (Lipinski definition) is 2. The zero-order valence-electron chi connectivity index (χ0n) is 17.1. The second-order valence-corrected chi connectivity index (χ2v) is 7.25. The Morgan fingerprint density at radius 3 is 0.906 bits per heavy atom. The maximum atomic E-state index is 11.4. The van der Waals surface area contributed by atoms with E-state index in [9.17, 15) is 19.8 Å². The Bertz CT molecular complexity index is 1170. The molecule has 4 rings (SSSR count). The van der Waals surface area contributed by atoms with Crippen molar-refractivity contribution < 1.29 is 19.8 Å². The van der Waals surface area contributed by atoms with Gasteiger partial charge in [0.05, 0.1) is 11.1 Å². The maximum Gasteiger partial charge on any atom is 0.335 e. The number of carboxylic acid groups (broad SMARTS) is 2. The van der Waals surface area contributed by atoms with Crippen LogP contribution >= 0.6 is 0 Å². The Labute approximate surface area is 185 Å². The van der Waals surface area contributed by atoms with E-state index in [0.717, 1.165) is 33.4 Å². The molecule has 0 aliphatic heterocycles. The van der Waals surface area contributed by atoms with Crippen LogP contribution in [0.4, 0.5) is 0 Å². The molecule has 0 saturated carbocycles. The number of aromatic carboxylic acids is 2. The lowest BCUT2D eigenvalue weighted by atomic mass is 9.85. The average Bonchev–Trinajstić information content (AvgIpc) is 2.84. The van der Waals surface area contributed by atoms with Crippen molar-refractivity contribution in [3.63, 3.8) is 0 Å². The SMILES string of the molecule is O=C(O)c1ccc(/C(=C(/c2ccccc2)c2ccc(C(=O)O)cc2)c2ccccc2)cc1. The quantitative estimate of drug-likeness (QED) is 0.370. The molecule has 0 fully saturated rings. The second-order valence-electron chi connectivity index (χ2n) is 7.25. The molecule has 32 heavy (non-hydrogen) atoms. The summed E-state index contributed by atoms with van der Waals surface area (Å²) in [5, 5.41) is 18.6. The van der Waals surface area contributed by atoms with Gasteiger partial charge in [-0.05, 0) is 57.7 Å². The van der Waals surface area contributed by atoms with E-state index >= 15 is 0 Å². The topological polar surface area (TPSA) is 74.6 Å². The van der Waals surface area contributed by atoms with Gasteiger partial charge >= 0.3 is 11.9 Å². The van der Waals surface area contributed by atoms with Crippen LogP contribution in [0.25, 0.3) is 11.1 Å². The van der Waals surface area contributed by atoms with Crippen molar-refractivity contribution in [1.82, 2.24) is 0 Å². The molecule has 2 N–H and O–H groups in total. The smallest absolute Gasteiger partial charge is 0.335 e. The first-order valence-electron chi connectivity index (χ1n) is 10.1. The van der Waals surface area contributed by atoms with E-state index in [1.54, 1.807) is 48.5 Å². The van der Waals surface area contributed by atoms with Gasteiger partial charge in [0, 0.05) is 0 Å². The molecule has 4 aromatic rings. The largest absolute Gasteiger partial charge is 0.478 e. The molecule has 4 aromatic carbocycles. The van der Waals surface area contributed by atoms with Crippen LogP contribution in [0.2, 0.25) is 0 Å². The van der Waals surface area contributed by atoms with Crippen LogP contribution in [-0.4, -0.2) is 22.2 Å². The molecular formula is C28H20O4. The minimum atomic E-state index is -0.977. The van der Waals surface area contributed by atoms with Crippen LogP contribution in [0.5, 0.6) is 0 Å². The summed E-state index contributed by atoms with van der Waals surface area (Å²) >= 11 is 0. The van der Waals surface area contributed by atoms with Gasteiger partial charge < -0.3 is 10.2 Å². The summed E-state index contributed by atoms with van der Waals surface area (Å²) in [6.07, 6.45) is 0. The Kier molecular flexibility index (Phi) is 5.95. The number of benzene rings is 4. The van der Waals surface area contributed by atoms with Crippen molar-refractivity contribution in [3.8, 4) is 0 Å². The van der Waals surface area contributed by atoms with E-state index in [1.807, 2.05) is 60.7 Å². The first-order chi connectivity index (χ1) is 15.5. The fraction of sp³-hybridized carbons (Fsp3) is 0. The van der Waals surface area contributed by atoms with Crippen LogP contribution in [-0.2, 0) is 0 Å². The highest BCUT2D eigenvalue weighted by Gasteiger charge is 2.17. The molecule has 0 saturated heterocycles. The molecule has 4 heteroatoms. The Morgan fingerprint density at radius 1 is 0.375 bits per heavy atom. The predicted octanol–water partition coefficient (Wildman–Crippen LogP) is 6.09. The van der Waals surface area contributed by atoms with Crippen LogP contribution in [0, 0.1) is 0 Å². The third-order valence-electron chi connectivity index (χ3n) is 5.22. The van der Waals surface area contributed by atoms with E-state index in [0.29, 0.717) is 0 Å². The van der Waals surface area contributed by atoms with Gasteiger partial charge in [-0.2, -0.15) is 0 Å². The minimum Gasteiger partial charge on any atom is -0.478 e. The van der Waals surface area contributed by atoms with Gasteiger partial charge in [0.25, 0.3) is 0 Å². The summed E-state index contributed by atoms with van der Waals surface area (Å²) in [6.45, 7) is 0. The highest BCUT2D eigenvalue weighted by molar-refractivity contribution is 6.05. The summed E-state index contributed by atoms with van der Waals surface area (Å²) in [6, 6.07) is 33.3. The lowest BCUT2D eigenvalue weighted by molar-refractivity contribution is 0.0686. The molecule has 0 heterocycles. The van der Waals surface area contributed by atoms with E-state index in [1.165, 1.54) is 0 Å². The van der Waals surface area contributed by atoms with E-state index in [-0.39, 0.29) is 11.1 Å². The molecule has 0 spiro atoms. The van der Waals surface area contributed by atoms with E-state index < -0.39 is 11.9 Å². The molecule has 0 aromatic heterocycles. The third kappa shape index (κ3) is 4.35. The molecular weight excluding hydrogens is 400 g/mol. The summed E-state index contributed by atoms with van der Waals surface area (Å²) in [4.78, 5) is 22.7. The normalized spacial score (nSPS) is 11.5. The Hall–Kier alpha value is -4.44. The van der Waals surface area contributed by atoms with Crippen LogP contribution < -0.4 is 0 Å². The number of hydrogen-bond donors (Lipinski definition) is 2. The standard InChI is InChI=1S/C28H20O4/c29-27(30)23-15-11-21(12-16-23)25(19-7-3-1-4-8-19)26(20-9-5-2-6-10-20)22-13-17-24(18-14-22)28(31)32/h1-18H,(H,29,30)(H,31,32)/b26-25-. The van der Waals surface area contributed by atoms with Gasteiger partial charge in [-0.25, -0.2) is 9.59 Å². The Balaban J connectivity index is 2.03. The molecule has 0 amide bonds. The number of carboxylic acids is 2. The van der Waals surface area contributed by atoms with Crippen LogP contribution in [0.3, 0.4) is 0 Å². The zero-order valence-corrected chi connectivity index (χ0v) is 17.1. The number of carbonyl (C=O) groups is 2. The zero-order chi connectivity index (χ0) is 22.5. The lowest BCUT2D eigenvalue weighted by Gasteiger charge is -2.18. The molecule has 4 nitrogen and oxygen atoms in total. The summed E-state index contributed by atoms with van der Waals surface area (Å²) in [7, 11) is 0. The highest BCUT2D eigenvalue weighted by atomic mass is 16.4. The first kappa shape index (κ1) is 20.8. The Morgan fingerprint density at radius 2 is 0.625 bits per heavy atom. The fourth-order valence-corrected chi connectivity index (χ4v) is 3.68. The summed E-state index contributed by atoms with van der Waals surface area (Å²) in [5.41, 5.74) is 5.95. The maximum absolute atomic E-state index is 11.4. The first-order valence-corrected chi connectivity index (χ1v) is 10.1. The molecule has 0 aliphatic rings.